The molecule has 0 heterocycles. The maximum absolute atomic E-state index is 6.12. The molecule has 0 fully saturated rings. The third-order valence-electron chi connectivity index (χ3n) is 4.21. The molecule has 0 aromatic heterocycles. The second-order valence-electron chi connectivity index (χ2n) is 5.69. The van der Waals surface area contributed by atoms with Crippen LogP contribution in [0.15, 0.2) is 36.4 Å². The van der Waals surface area contributed by atoms with E-state index in [2.05, 4.69) is 30.4 Å². The maximum atomic E-state index is 6.12. The molecule has 0 saturated carbocycles. The van der Waals surface area contributed by atoms with Crippen LogP contribution in [0, 0.1) is 0 Å². The molecule has 0 spiro atoms. The van der Waals surface area contributed by atoms with E-state index in [0.29, 0.717) is 10.0 Å². The van der Waals surface area contributed by atoms with Gasteiger partial charge in [0.15, 0.2) is 0 Å². The van der Waals surface area contributed by atoms with Gasteiger partial charge in [-0.15, -0.1) is 0 Å². The number of hydrogen-bond donors (Lipinski definition) is 1. The van der Waals surface area contributed by atoms with E-state index in [4.69, 9.17) is 23.2 Å². The summed E-state index contributed by atoms with van der Waals surface area (Å²) in [6, 6.07) is 12.6. The molecule has 2 aromatic carbocycles. The van der Waals surface area contributed by atoms with E-state index >= 15 is 0 Å². The fourth-order valence-electron chi connectivity index (χ4n) is 3.01. The van der Waals surface area contributed by atoms with Crippen molar-refractivity contribution in [3.8, 4) is 0 Å². The molecule has 1 nitrogen and oxygen atoms in total. The van der Waals surface area contributed by atoms with Gasteiger partial charge in [0.25, 0.3) is 0 Å². The van der Waals surface area contributed by atoms with Gasteiger partial charge in [-0.25, -0.2) is 0 Å². The van der Waals surface area contributed by atoms with Gasteiger partial charge in [0.1, 0.15) is 0 Å². The second-order valence-corrected chi connectivity index (χ2v) is 6.50. The molecule has 0 radical (unpaired) electrons. The first-order valence-electron chi connectivity index (χ1n) is 7.47. The van der Waals surface area contributed by atoms with Crippen LogP contribution in [0.4, 0.5) is 5.69 Å². The third kappa shape index (κ3) is 3.20. The standard InChI is InChI=1S/C18H19Cl2N/c1-12(14-9-10-16(19)17(20)11-14)21-18-8-4-6-13-5-2-3-7-15(13)18/h4,6,8-12,21H,2-3,5,7H2,1H3. The van der Waals surface area contributed by atoms with Crippen molar-refractivity contribution in [2.24, 2.45) is 0 Å². The van der Waals surface area contributed by atoms with E-state index in [1.165, 1.54) is 42.5 Å². The summed E-state index contributed by atoms with van der Waals surface area (Å²) in [6.07, 6.45) is 4.96. The van der Waals surface area contributed by atoms with Gasteiger partial charge in [0.2, 0.25) is 0 Å². The molecule has 3 heteroatoms. The minimum Gasteiger partial charge on any atom is -0.378 e. The van der Waals surface area contributed by atoms with Crippen molar-refractivity contribution in [2.75, 3.05) is 5.32 Å². The largest absolute Gasteiger partial charge is 0.378 e. The van der Waals surface area contributed by atoms with Crippen molar-refractivity contribution >= 4 is 28.9 Å². The average molecular weight is 320 g/mol. The van der Waals surface area contributed by atoms with E-state index in [1.54, 1.807) is 0 Å². The highest BCUT2D eigenvalue weighted by atomic mass is 35.5. The molecular weight excluding hydrogens is 301 g/mol. The Morgan fingerprint density at radius 1 is 1.00 bits per heavy atom. The number of nitrogens with one attached hydrogen (secondary N) is 1. The lowest BCUT2D eigenvalue weighted by Crippen LogP contribution is -2.11. The zero-order chi connectivity index (χ0) is 14.8. The molecule has 1 atom stereocenters. The first-order valence-corrected chi connectivity index (χ1v) is 8.23. The van der Waals surface area contributed by atoms with Crippen LogP contribution < -0.4 is 5.32 Å². The number of anilines is 1. The van der Waals surface area contributed by atoms with Gasteiger partial charge < -0.3 is 5.32 Å². The second kappa shape index (κ2) is 6.29. The topological polar surface area (TPSA) is 12.0 Å². The number of hydrogen-bond acceptors (Lipinski definition) is 1. The first kappa shape index (κ1) is 14.7. The maximum Gasteiger partial charge on any atom is 0.0595 e. The number of rotatable bonds is 3. The summed E-state index contributed by atoms with van der Waals surface area (Å²) in [5.41, 5.74) is 5.38. The minimum absolute atomic E-state index is 0.202. The summed E-state index contributed by atoms with van der Waals surface area (Å²) in [5, 5.41) is 4.84. The van der Waals surface area contributed by atoms with Crippen LogP contribution in [0.5, 0.6) is 0 Å². The van der Waals surface area contributed by atoms with Gasteiger partial charge in [-0.2, -0.15) is 0 Å². The molecule has 0 bridgehead atoms. The van der Waals surface area contributed by atoms with Crippen LogP contribution in [0.25, 0.3) is 0 Å². The Kier molecular flexibility index (Phi) is 4.42. The van der Waals surface area contributed by atoms with Gasteiger partial charge in [-0.05, 0) is 67.5 Å². The number of halogens is 2. The Hall–Kier alpha value is -1.18. The van der Waals surface area contributed by atoms with Gasteiger partial charge in [-0.3, -0.25) is 0 Å². The molecule has 1 N–H and O–H groups in total. The summed E-state index contributed by atoms with van der Waals surface area (Å²) in [4.78, 5) is 0. The quantitative estimate of drug-likeness (QED) is 0.726. The van der Waals surface area contributed by atoms with E-state index in [-0.39, 0.29) is 6.04 Å². The molecule has 2 aromatic rings. The lowest BCUT2D eigenvalue weighted by molar-refractivity contribution is 0.685. The highest BCUT2D eigenvalue weighted by molar-refractivity contribution is 6.42. The van der Waals surface area contributed by atoms with Crippen LogP contribution in [0.1, 0.15) is 42.5 Å². The normalized spacial score (nSPS) is 15.4. The summed E-state index contributed by atoms with van der Waals surface area (Å²) in [5.74, 6) is 0. The van der Waals surface area contributed by atoms with Crippen LogP contribution in [-0.2, 0) is 12.8 Å². The molecule has 21 heavy (non-hydrogen) atoms. The van der Waals surface area contributed by atoms with E-state index < -0.39 is 0 Å². The Balaban J connectivity index is 1.84. The SMILES string of the molecule is CC(Nc1cccc2c1CCCC2)c1ccc(Cl)c(Cl)c1. The van der Waals surface area contributed by atoms with E-state index in [0.717, 1.165) is 5.56 Å². The van der Waals surface area contributed by atoms with Crippen LogP contribution in [0.3, 0.4) is 0 Å². The van der Waals surface area contributed by atoms with Gasteiger partial charge in [0, 0.05) is 11.7 Å². The molecule has 1 unspecified atom stereocenters. The van der Waals surface area contributed by atoms with Crippen molar-refractivity contribution in [2.45, 2.75) is 38.6 Å². The van der Waals surface area contributed by atoms with Crippen LogP contribution in [-0.4, -0.2) is 0 Å². The van der Waals surface area contributed by atoms with Gasteiger partial charge in [0.05, 0.1) is 10.0 Å². The first-order chi connectivity index (χ1) is 10.1. The molecule has 0 saturated heterocycles. The van der Waals surface area contributed by atoms with Crippen LogP contribution in [0.2, 0.25) is 10.0 Å². The van der Waals surface area contributed by atoms with Gasteiger partial charge in [-0.1, -0.05) is 41.4 Å². The minimum atomic E-state index is 0.202. The van der Waals surface area contributed by atoms with Crippen molar-refractivity contribution < 1.29 is 0 Å². The highest BCUT2D eigenvalue weighted by Gasteiger charge is 2.15. The van der Waals surface area contributed by atoms with Gasteiger partial charge >= 0.3 is 0 Å². The Bertz CT molecular complexity index is 652. The van der Waals surface area contributed by atoms with E-state index in [9.17, 15) is 0 Å². The van der Waals surface area contributed by atoms with Crippen molar-refractivity contribution in [3.63, 3.8) is 0 Å². The summed E-state index contributed by atoms with van der Waals surface area (Å²) < 4.78 is 0. The molecule has 3 rings (SSSR count). The Morgan fingerprint density at radius 3 is 2.62 bits per heavy atom. The zero-order valence-electron chi connectivity index (χ0n) is 12.1. The Morgan fingerprint density at radius 2 is 1.81 bits per heavy atom. The van der Waals surface area contributed by atoms with Crippen molar-refractivity contribution in [1.82, 2.24) is 0 Å². The van der Waals surface area contributed by atoms with Crippen LogP contribution >= 0.6 is 23.2 Å². The number of aryl methyl sites for hydroxylation is 1. The molecule has 0 aliphatic heterocycles. The fraction of sp³-hybridized carbons (Fsp3) is 0.333. The molecule has 1 aliphatic rings. The number of fused-ring (bicyclic) bond motifs is 1. The fourth-order valence-corrected chi connectivity index (χ4v) is 3.32. The third-order valence-corrected chi connectivity index (χ3v) is 4.95. The summed E-state index contributed by atoms with van der Waals surface area (Å²) in [6.45, 7) is 2.15. The Labute approximate surface area is 136 Å². The summed E-state index contributed by atoms with van der Waals surface area (Å²) in [7, 11) is 0. The highest BCUT2D eigenvalue weighted by Crippen LogP contribution is 2.31. The smallest absolute Gasteiger partial charge is 0.0595 e. The summed E-state index contributed by atoms with van der Waals surface area (Å²) >= 11 is 12.1. The molecular formula is C18H19Cl2N. The van der Waals surface area contributed by atoms with E-state index in [1.807, 2.05) is 18.2 Å². The predicted molar refractivity (Wildman–Crippen MR) is 91.6 cm³/mol. The average Bonchev–Trinajstić information content (AvgIpc) is 2.50. The molecule has 110 valence electrons. The zero-order valence-corrected chi connectivity index (χ0v) is 13.6. The lowest BCUT2D eigenvalue weighted by Gasteiger charge is -2.23. The monoisotopic (exact) mass is 319 g/mol. The number of benzene rings is 2. The molecule has 0 amide bonds. The van der Waals surface area contributed by atoms with Crippen molar-refractivity contribution in [3.05, 3.63) is 63.1 Å². The lowest BCUT2D eigenvalue weighted by atomic mass is 9.90. The predicted octanol–water partition coefficient (Wildman–Crippen LogP) is 6.05. The van der Waals surface area contributed by atoms with Crippen molar-refractivity contribution in [1.29, 1.82) is 0 Å². The molecule has 1 aliphatic carbocycles.